The Morgan fingerprint density at radius 3 is 2.49 bits per heavy atom. The molecular weight excluding hydrogens is 512 g/mol. The first-order valence-corrected chi connectivity index (χ1v) is 14.0. The molecule has 0 saturated heterocycles. The number of benzene rings is 2. The molecule has 0 bridgehead atoms. The number of carbonyl (C=O) groups is 2. The van der Waals surface area contributed by atoms with Gasteiger partial charge in [-0.3, -0.25) is 4.79 Å². The summed E-state index contributed by atoms with van der Waals surface area (Å²) >= 11 is 1.16. The topological polar surface area (TPSA) is 111 Å². The summed E-state index contributed by atoms with van der Waals surface area (Å²) < 4.78 is 34.6. The van der Waals surface area contributed by atoms with Crippen LogP contribution in [0.4, 0.5) is 5.69 Å². The van der Waals surface area contributed by atoms with Gasteiger partial charge in [0.25, 0.3) is 15.9 Å². The zero-order chi connectivity index (χ0) is 26.0. The minimum Gasteiger partial charge on any atom is -0.462 e. The van der Waals surface area contributed by atoms with Crippen molar-refractivity contribution in [2.75, 3.05) is 18.5 Å². The van der Waals surface area contributed by atoms with Gasteiger partial charge >= 0.3 is 5.97 Å². The fraction of sp³-hybridized carbons (Fsp3) is 0.192. The Morgan fingerprint density at radius 1 is 1.05 bits per heavy atom. The Bertz CT molecular complexity index is 1530. The minimum absolute atomic E-state index is 0.0347. The quantitative estimate of drug-likeness (QED) is 0.356. The summed E-state index contributed by atoms with van der Waals surface area (Å²) in [4.78, 5) is 25.6. The van der Waals surface area contributed by atoms with Crippen molar-refractivity contribution in [1.82, 2.24) is 14.1 Å². The number of amides is 1. The van der Waals surface area contributed by atoms with Crippen LogP contribution < -0.4 is 5.32 Å². The van der Waals surface area contributed by atoms with Gasteiger partial charge in [-0.05, 0) is 54.8 Å². The minimum atomic E-state index is -3.70. The molecule has 37 heavy (non-hydrogen) atoms. The molecule has 0 radical (unpaired) electrons. The van der Waals surface area contributed by atoms with Crippen LogP contribution in [0.1, 0.15) is 39.0 Å². The SMILES string of the molecule is CCOC(=O)c1ccc(NC(=O)c2c3c(nn2-c2ccccc2)CCN(S(=O)(=O)c2cccs2)C3)cc1. The molecule has 3 heterocycles. The molecule has 0 spiro atoms. The Morgan fingerprint density at radius 2 is 1.81 bits per heavy atom. The maximum atomic E-state index is 13.6. The fourth-order valence-electron chi connectivity index (χ4n) is 4.17. The standard InChI is InChI=1S/C26H24N4O5S2/c1-2-35-26(32)18-10-12-19(13-11-18)27-25(31)24-21-17-29(37(33,34)23-9-6-16-36-23)15-14-22(21)28-30(24)20-7-4-3-5-8-20/h3-13,16H,2,14-15,17H2,1H3,(H,27,31). The average Bonchev–Trinajstić information content (AvgIpc) is 3.58. The first-order valence-electron chi connectivity index (χ1n) is 11.7. The number of fused-ring (bicyclic) bond motifs is 1. The predicted octanol–water partition coefficient (Wildman–Crippen LogP) is 4.11. The van der Waals surface area contributed by atoms with E-state index in [0.29, 0.717) is 34.6 Å². The lowest BCUT2D eigenvalue weighted by Crippen LogP contribution is -2.36. The van der Waals surface area contributed by atoms with Gasteiger partial charge in [0.15, 0.2) is 0 Å². The molecule has 1 aliphatic heterocycles. The van der Waals surface area contributed by atoms with E-state index in [0.717, 1.165) is 11.3 Å². The van der Waals surface area contributed by atoms with Crippen molar-refractivity contribution >= 4 is 38.9 Å². The van der Waals surface area contributed by atoms with Crippen LogP contribution in [0.25, 0.3) is 5.69 Å². The van der Waals surface area contributed by atoms with Crippen molar-refractivity contribution in [3.8, 4) is 5.69 Å². The number of sulfonamides is 1. The number of anilines is 1. The van der Waals surface area contributed by atoms with Crippen LogP contribution in [-0.2, 0) is 27.7 Å². The molecule has 0 unspecified atom stereocenters. The third-order valence-corrected chi connectivity index (χ3v) is 9.18. The summed E-state index contributed by atoms with van der Waals surface area (Å²) in [6.07, 6.45) is 0.383. The van der Waals surface area contributed by atoms with Crippen molar-refractivity contribution in [2.45, 2.75) is 24.1 Å². The molecule has 4 aromatic rings. The van der Waals surface area contributed by atoms with Gasteiger partial charge < -0.3 is 10.1 Å². The number of nitrogens with zero attached hydrogens (tertiary/aromatic N) is 3. The van der Waals surface area contributed by atoms with Gasteiger partial charge in [0, 0.05) is 30.8 Å². The lowest BCUT2D eigenvalue weighted by molar-refractivity contribution is 0.0526. The van der Waals surface area contributed by atoms with Crippen LogP contribution in [0.3, 0.4) is 0 Å². The van der Waals surface area contributed by atoms with Crippen molar-refractivity contribution < 1.29 is 22.7 Å². The van der Waals surface area contributed by atoms with Crippen molar-refractivity contribution in [1.29, 1.82) is 0 Å². The van der Waals surface area contributed by atoms with Gasteiger partial charge in [-0.1, -0.05) is 24.3 Å². The summed E-state index contributed by atoms with van der Waals surface area (Å²) in [5.41, 5.74) is 3.06. The van der Waals surface area contributed by atoms with Crippen molar-refractivity contribution in [3.05, 3.63) is 94.6 Å². The second-order valence-electron chi connectivity index (χ2n) is 8.29. The molecule has 2 aromatic heterocycles. The Hall–Kier alpha value is -3.80. The van der Waals surface area contributed by atoms with Crippen LogP contribution in [0.5, 0.6) is 0 Å². The summed E-state index contributed by atoms with van der Waals surface area (Å²) in [6, 6.07) is 18.9. The third-order valence-electron chi connectivity index (χ3n) is 5.96. The molecule has 1 N–H and O–H groups in total. The number of hydrogen-bond donors (Lipinski definition) is 1. The van der Waals surface area contributed by atoms with Gasteiger partial charge in [0.05, 0.1) is 23.6 Å². The molecule has 1 amide bonds. The van der Waals surface area contributed by atoms with Crippen LogP contribution in [-0.4, -0.2) is 47.5 Å². The van der Waals surface area contributed by atoms with E-state index in [-0.39, 0.29) is 29.6 Å². The number of nitrogens with one attached hydrogen (secondary N) is 1. The highest BCUT2D eigenvalue weighted by atomic mass is 32.2. The van der Waals surface area contributed by atoms with Crippen LogP contribution in [0.2, 0.25) is 0 Å². The van der Waals surface area contributed by atoms with E-state index in [1.54, 1.807) is 53.4 Å². The van der Waals surface area contributed by atoms with Crippen molar-refractivity contribution in [3.63, 3.8) is 0 Å². The smallest absolute Gasteiger partial charge is 0.338 e. The van der Waals surface area contributed by atoms with Crippen LogP contribution in [0.15, 0.2) is 76.3 Å². The zero-order valence-electron chi connectivity index (χ0n) is 20.0. The van der Waals surface area contributed by atoms with E-state index in [1.165, 1.54) is 4.31 Å². The van der Waals surface area contributed by atoms with E-state index in [4.69, 9.17) is 9.84 Å². The maximum absolute atomic E-state index is 13.6. The van der Waals surface area contributed by atoms with E-state index in [2.05, 4.69) is 5.32 Å². The molecular formula is C26H24N4O5S2. The number of para-hydroxylation sites is 1. The number of esters is 1. The number of rotatable bonds is 7. The third kappa shape index (κ3) is 4.93. The van der Waals surface area contributed by atoms with Crippen LogP contribution in [0, 0.1) is 0 Å². The summed E-state index contributed by atoms with van der Waals surface area (Å²) in [5.74, 6) is -0.875. The second-order valence-corrected chi connectivity index (χ2v) is 11.4. The van der Waals surface area contributed by atoms with E-state index < -0.39 is 21.9 Å². The van der Waals surface area contributed by atoms with Crippen molar-refractivity contribution in [2.24, 2.45) is 0 Å². The average molecular weight is 537 g/mol. The van der Waals surface area contributed by atoms with Gasteiger partial charge in [-0.25, -0.2) is 17.9 Å². The predicted molar refractivity (Wildman–Crippen MR) is 140 cm³/mol. The number of thiophene rings is 1. The molecule has 9 nitrogen and oxygen atoms in total. The highest BCUT2D eigenvalue weighted by Gasteiger charge is 2.35. The number of ether oxygens (including phenoxy) is 1. The first-order chi connectivity index (χ1) is 17.9. The molecule has 5 rings (SSSR count). The lowest BCUT2D eigenvalue weighted by Gasteiger charge is -2.25. The highest BCUT2D eigenvalue weighted by molar-refractivity contribution is 7.91. The Labute approximate surface area is 218 Å². The largest absolute Gasteiger partial charge is 0.462 e. The molecule has 0 atom stereocenters. The molecule has 1 aliphatic rings. The Kier molecular flexibility index (Phi) is 6.92. The molecule has 2 aromatic carbocycles. The second kappa shape index (κ2) is 10.3. The Balaban J connectivity index is 1.49. The lowest BCUT2D eigenvalue weighted by atomic mass is 10.1. The van der Waals surface area contributed by atoms with E-state index >= 15 is 0 Å². The number of hydrogen-bond acceptors (Lipinski definition) is 7. The van der Waals surface area contributed by atoms with Gasteiger partial charge in [0.1, 0.15) is 9.90 Å². The molecule has 11 heteroatoms. The zero-order valence-corrected chi connectivity index (χ0v) is 21.6. The number of carbonyl (C=O) groups excluding carboxylic acids is 2. The maximum Gasteiger partial charge on any atom is 0.338 e. The van der Waals surface area contributed by atoms with E-state index in [9.17, 15) is 18.0 Å². The van der Waals surface area contributed by atoms with Gasteiger partial charge in [0.2, 0.25) is 0 Å². The summed E-state index contributed by atoms with van der Waals surface area (Å²) in [7, 11) is -3.70. The monoisotopic (exact) mass is 536 g/mol. The molecule has 0 fully saturated rings. The fourth-order valence-corrected chi connectivity index (χ4v) is 6.73. The molecule has 0 saturated carbocycles. The van der Waals surface area contributed by atoms with Gasteiger partial charge in [-0.15, -0.1) is 11.3 Å². The summed E-state index contributed by atoms with van der Waals surface area (Å²) in [6.45, 7) is 2.31. The van der Waals surface area contributed by atoms with Gasteiger partial charge in [-0.2, -0.15) is 9.40 Å². The normalized spacial score (nSPS) is 13.6. The summed E-state index contributed by atoms with van der Waals surface area (Å²) in [5, 5.41) is 9.29. The highest BCUT2D eigenvalue weighted by Crippen LogP contribution is 2.30. The first kappa shape index (κ1) is 24.9. The molecule has 190 valence electrons. The number of aromatic nitrogens is 2. The molecule has 0 aliphatic carbocycles. The van der Waals surface area contributed by atoms with E-state index in [1.807, 2.05) is 30.3 Å². The van der Waals surface area contributed by atoms with Crippen LogP contribution >= 0.6 is 11.3 Å².